The fourth-order valence-corrected chi connectivity index (χ4v) is 5.90. The molecule has 3 atom stereocenters. The average molecular weight is 467 g/mol. The standard InChI is InChI=1S/C23H38N4O4S/c28-21(27-31)11-6-12-32-15-20(22(29)24-14-16-7-2-1-3-8-16)26-23(30)19-13-17-9-4-5-10-18(17)25-19/h13,16-18,20,25,31H,1-12,14-15H2,(H,24,29)(H,26,30)(H,27,28)/t17?,18?,20-/m0/s1. The van der Waals surface area contributed by atoms with Gasteiger partial charge in [0.1, 0.15) is 6.04 Å². The summed E-state index contributed by atoms with van der Waals surface area (Å²) in [6.07, 6.45) is 13.5. The van der Waals surface area contributed by atoms with Crippen molar-refractivity contribution in [2.75, 3.05) is 18.1 Å². The van der Waals surface area contributed by atoms with Crippen LogP contribution < -0.4 is 21.4 Å². The summed E-state index contributed by atoms with van der Waals surface area (Å²) in [5.41, 5.74) is 2.22. The lowest BCUT2D eigenvalue weighted by Gasteiger charge is -2.25. The topological polar surface area (TPSA) is 120 Å². The third kappa shape index (κ3) is 7.69. The molecule has 3 aliphatic rings. The van der Waals surface area contributed by atoms with Crippen molar-refractivity contribution < 1.29 is 19.6 Å². The van der Waals surface area contributed by atoms with Crippen molar-refractivity contribution in [2.45, 2.75) is 82.7 Å². The minimum Gasteiger partial charge on any atom is -0.378 e. The molecule has 2 saturated carbocycles. The molecule has 32 heavy (non-hydrogen) atoms. The summed E-state index contributed by atoms with van der Waals surface area (Å²) in [5, 5.41) is 17.9. The van der Waals surface area contributed by atoms with Gasteiger partial charge in [-0.05, 0) is 49.7 Å². The summed E-state index contributed by atoms with van der Waals surface area (Å²) in [6.45, 7) is 0.664. The monoisotopic (exact) mass is 466 g/mol. The van der Waals surface area contributed by atoms with Gasteiger partial charge in [-0.3, -0.25) is 19.6 Å². The Hall–Kier alpha value is -1.74. The second-order valence-corrected chi connectivity index (χ2v) is 10.4. The van der Waals surface area contributed by atoms with E-state index in [1.165, 1.54) is 43.9 Å². The molecule has 0 saturated heterocycles. The maximum Gasteiger partial charge on any atom is 0.267 e. The average Bonchev–Trinajstić information content (AvgIpc) is 3.26. The van der Waals surface area contributed by atoms with E-state index in [1.54, 1.807) is 5.48 Å². The molecule has 0 aromatic carbocycles. The van der Waals surface area contributed by atoms with Gasteiger partial charge in [0.2, 0.25) is 11.8 Å². The van der Waals surface area contributed by atoms with E-state index in [-0.39, 0.29) is 18.2 Å². The molecule has 0 aromatic rings. The van der Waals surface area contributed by atoms with Crippen LogP contribution in [-0.4, -0.2) is 53.1 Å². The highest BCUT2D eigenvalue weighted by Crippen LogP contribution is 2.31. The van der Waals surface area contributed by atoms with Crippen LogP contribution in [0.5, 0.6) is 0 Å². The molecule has 2 aliphatic carbocycles. The summed E-state index contributed by atoms with van der Waals surface area (Å²) in [6, 6.07) is -0.275. The molecule has 0 radical (unpaired) electrons. The second kappa shape index (κ2) is 13.1. The molecule has 0 aromatic heterocycles. The maximum absolute atomic E-state index is 12.9. The SMILES string of the molecule is O=C(CCCSC[C@H](NC(=O)C1=CC2CCCCC2N1)C(=O)NCC1CCCCC1)NO. The van der Waals surface area contributed by atoms with E-state index >= 15 is 0 Å². The summed E-state index contributed by atoms with van der Waals surface area (Å²) in [5.74, 6) is 1.29. The minimum atomic E-state index is -0.618. The molecule has 3 rings (SSSR count). The summed E-state index contributed by atoms with van der Waals surface area (Å²) in [7, 11) is 0. The Kier molecular flexibility index (Phi) is 10.2. The largest absolute Gasteiger partial charge is 0.378 e. The second-order valence-electron chi connectivity index (χ2n) is 9.27. The fourth-order valence-electron chi connectivity index (χ4n) is 4.91. The van der Waals surface area contributed by atoms with Crippen molar-refractivity contribution in [3.63, 3.8) is 0 Å². The van der Waals surface area contributed by atoms with Gasteiger partial charge < -0.3 is 16.0 Å². The first-order valence-electron chi connectivity index (χ1n) is 12.1. The first-order chi connectivity index (χ1) is 15.6. The van der Waals surface area contributed by atoms with Crippen molar-refractivity contribution in [3.05, 3.63) is 11.8 Å². The smallest absolute Gasteiger partial charge is 0.267 e. The van der Waals surface area contributed by atoms with Gasteiger partial charge in [-0.2, -0.15) is 11.8 Å². The van der Waals surface area contributed by atoms with E-state index in [0.29, 0.717) is 48.0 Å². The lowest BCUT2D eigenvalue weighted by atomic mass is 9.86. The Labute approximate surface area is 195 Å². The van der Waals surface area contributed by atoms with Gasteiger partial charge in [-0.25, -0.2) is 5.48 Å². The van der Waals surface area contributed by atoms with E-state index < -0.39 is 11.9 Å². The van der Waals surface area contributed by atoms with Gasteiger partial charge in [0.25, 0.3) is 5.91 Å². The van der Waals surface area contributed by atoms with E-state index in [4.69, 9.17) is 5.21 Å². The Bertz CT molecular complexity index is 681. The number of hydroxylamine groups is 1. The number of hydrogen-bond acceptors (Lipinski definition) is 6. The van der Waals surface area contributed by atoms with E-state index in [9.17, 15) is 14.4 Å². The van der Waals surface area contributed by atoms with Gasteiger partial charge in [0, 0.05) is 24.8 Å². The van der Waals surface area contributed by atoms with E-state index in [0.717, 1.165) is 25.7 Å². The molecule has 9 heteroatoms. The van der Waals surface area contributed by atoms with Crippen LogP contribution in [0.3, 0.4) is 0 Å². The van der Waals surface area contributed by atoms with Crippen molar-refractivity contribution in [3.8, 4) is 0 Å². The van der Waals surface area contributed by atoms with Crippen molar-refractivity contribution in [2.24, 2.45) is 11.8 Å². The van der Waals surface area contributed by atoms with Crippen LogP contribution in [0.25, 0.3) is 0 Å². The number of thioether (sulfide) groups is 1. The first-order valence-corrected chi connectivity index (χ1v) is 13.3. The highest BCUT2D eigenvalue weighted by molar-refractivity contribution is 7.99. The summed E-state index contributed by atoms with van der Waals surface area (Å²) >= 11 is 1.53. The molecule has 1 aliphatic heterocycles. The summed E-state index contributed by atoms with van der Waals surface area (Å²) < 4.78 is 0. The van der Waals surface area contributed by atoms with Crippen LogP contribution in [-0.2, 0) is 14.4 Å². The number of nitrogens with one attached hydrogen (secondary N) is 4. The molecular weight excluding hydrogens is 428 g/mol. The van der Waals surface area contributed by atoms with Crippen LogP contribution in [0.4, 0.5) is 0 Å². The van der Waals surface area contributed by atoms with Crippen LogP contribution in [0.15, 0.2) is 11.8 Å². The van der Waals surface area contributed by atoms with Crippen LogP contribution in [0.1, 0.15) is 70.6 Å². The third-order valence-electron chi connectivity index (χ3n) is 6.80. The van der Waals surface area contributed by atoms with E-state index in [2.05, 4.69) is 16.0 Å². The zero-order chi connectivity index (χ0) is 22.8. The van der Waals surface area contributed by atoms with Crippen LogP contribution in [0, 0.1) is 11.8 Å². The molecule has 5 N–H and O–H groups in total. The molecule has 8 nitrogen and oxygen atoms in total. The normalized spacial score (nSPS) is 24.0. The van der Waals surface area contributed by atoms with Crippen molar-refractivity contribution >= 4 is 29.5 Å². The Morgan fingerprint density at radius 3 is 2.59 bits per heavy atom. The highest BCUT2D eigenvalue weighted by Gasteiger charge is 2.33. The number of carbonyl (C=O) groups is 3. The zero-order valence-electron chi connectivity index (χ0n) is 18.9. The summed E-state index contributed by atoms with van der Waals surface area (Å²) in [4.78, 5) is 37.0. The maximum atomic E-state index is 12.9. The molecule has 0 bridgehead atoms. The molecule has 0 spiro atoms. The number of rotatable bonds is 11. The fraction of sp³-hybridized carbons (Fsp3) is 0.783. The third-order valence-corrected chi connectivity index (χ3v) is 7.95. The number of carbonyl (C=O) groups excluding carboxylic acids is 3. The first kappa shape index (κ1) is 24.9. The molecule has 2 fully saturated rings. The lowest BCUT2D eigenvalue weighted by molar-refractivity contribution is -0.129. The Balaban J connectivity index is 1.50. The predicted octanol–water partition coefficient (Wildman–Crippen LogP) is 2.23. The van der Waals surface area contributed by atoms with E-state index in [1.807, 2.05) is 6.08 Å². The van der Waals surface area contributed by atoms with Crippen molar-refractivity contribution in [1.82, 2.24) is 21.4 Å². The van der Waals surface area contributed by atoms with Gasteiger partial charge in [-0.15, -0.1) is 0 Å². The quantitative estimate of drug-likeness (QED) is 0.181. The molecule has 1 heterocycles. The molecular formula is C23H38N4O4S. The number of amides is 3. The molecule has 3 amide bonds. The molecule has 180 valence electrons. The van der Waals surface area contributed by atoms with Crippen LogP contribution >= 0.6 is 11.8 Å². The van der Waals surface area contributed by atoms with Crippen molar-refractivity contribution in [1.29, 1.82) is 0 Å². The highest BCUT2D eigenvalue weighted by atomic mass is 32.2. The number of fused-ring (bicyclic) bond motifs is 1. The lowest BCUT2D eigenvalue weighted by Crippen LogP contribution is -2.50. The minimum absolute atomic E-state index is 0.138. The molecule has 2 unspecified atom stereocenters. The predicted molar refractivity (Wildman–Crippen MR) is 125 cm³/mol. The Morgan fingerprint density at radius 2 is 1.84 bits per heavy atom. The van der Waals surface area contributed by atoms with Crippen LogP contribution in [0.2, 0.25) is 0 Å². The number of hydrogen-bond donors (Lipinski definition) is 5. The van der Waals surface area contributed by atoms with Gasteiger partial charge in [0.15, 0.2) is 0 Å². The van der Waals surface area contributed by atoms with Gasteiger partial charge in [0.05, 0.1) is 5.70 Å². The Morgan fingerprint density at radius 1 is 1.09 bits per heavy atom. The van der Waals surface area contributed by atoms with Gasteiger partial charge in [-0.1, -0.05) is 38.2 Å². The zero-order valence-corrected chi connectivity index (χ0v) is 19.7. The van der Waals surface area contributed by atoms with Gasteiger partial charge >= 0.3 is 0 Å².